The molecule has 2 N–H and O–H groups in total. The first-order valence-corrected chi connectivity index (χ1v) is 9.34. The fraction of sp³-hybridized carbons (Fsp3) is 0.0952. The number of nitrogens with one attached hydrogen (secondary N) is 1. The maximum atomic E-state index is 12.8. The van der Waals surface area contributed by atoms with Crippen molar-refractivity contribution < 1.29 is 14.6 Å². The van der Waals surface area contributed by atoms with E-state index in [4.69, 9.17) is 16.3 Å². The summed E-state index contributed by atoms with van der Waals surface area (Å²) < 4.78 is 6.03. The second-order valence-electron chi connectivity index (χ2n) is 5.84. The highest BCUT2D eigenvalue weighted by Crippen LogP contribution is 2.32. The summed E-state index contributed by atoms with van der Waals surface area (Å²) in [6, 6.07) is 19.3. The van der Waals surface area contributed by atoms with E-state index < -0.39 is 6.10 Å². The van der Waals surface area contributed by atoms with E-state index in [0.29, 0.717) is 33.1 Å². The molecule has 0 aromatic heterocycles. The molecule has 0 aliphatic carbocycles. The topological polar surface area (TPSA) is 58.6 Å². The van der Waals surface area contributed by atoms with E-state index in [-0.39, 0.29) is 5.91 Å². The first kappa shape index (κ1) is 19.4. The third kappa shape index (κ3) is 4.50. The maximum absolute atomic E-state index is 12.8. The molecule has 0 aliphatic rings. The van der Waals surface area contributed by atoms with Gasteiger partial charge < -0.3 is 15.2 Å². The SMILES string of the molecule is COc1ccc(Br)cc1C(=O)Nc1ccc(Cl)cc1[C@@H](O)c1ccccc1. The van der Waals surface area contributed by atoms with Crippen molar-refractivity contribution in [3.63, 3.8) is 0 Å². The van der Waals surface area contributed by atoms with Crippen molar-refractivity contribution in [3.8, 4) is 5.75 Å². The van der Waals surface area contributed by atoms with Crippen LogP contribution in [0.15, 0.2) is 71.2 Å². The third-order valence-electron chi connectivity index (χ3n) is 4.08. The smallest absolute Gasteiger partial charge is 0.259 e. The van der Waals surface area contributed by atoms with E-state index in [1.807, 2.05) is 30.3 Å². The Labute approximate surface area is 170 Å². The Kier molecular flexibility index (Phi) is 6.16. The number of benzene rings is 3. The first-order valence-electron chi connectivity index (χ1n) is 8.17. The number of anilines is 1. The van der Waals surface area contributed by atoms with Crippen LogP contribution in [0.25, 0.3) is 0 Å². The van der Waals surface area contributed by atoms with Crippen molar-refractivity contribution in [2.24, 2.45) is 0 Å². The number of halogens is 2. The molecular formula is C21H17BrClNO3. The predicted octanol–water partition coefficient (Wildman–Crippen LogP) is 5.45. The molecule has 3 aromatic carbocycles. The number of aliphatic hydroxyl groups is 1. The Morgan fingerprint density at radius 3 is 2.56 bits per heavy atom. The average molecular weight is 447 g/mol. The molecule has 3 rings (SSSR count). The van der Waals surface area contributed by atoms with Gasteiger partial charge in [-0.1, -0.05) is 57.9 Å². The molecule has 138 valence electrons. The van der Waals surface area contributed by atoms with Crippen LogP contribution in [0, 0.1) is 0 Å². The quantitative estimate of drug-likeness (QED) is 0.548. The Balaban J connectivity index is 1.96. The lowest BCUT2D eigenvalue weighted by molar-refractivity contribution is 0.102. The van der Waals surface area contributed by atoms with Crippen molar-refractivity contribution in [2.75, 3.05) is 12.4 Å². The summed E-state index contributed by atoms with van der Waals surface area (Å²) in [6.45, 7) is 0. The van der Waals surface area contributed by atoms with Crippen LogP contribution in [0.4, 0.5) is 5.69 Å². The minimum atomic E-state index is -0.926. The minimum Gasteiger partial charge on any atom is -0.496 e. The van der Waals surface area contributed by atoms with Gasteiger partial charge in [0.25, 0.3) is 5.91 Å². The zero-order valence-electron chi connectivity index (χ0n) is 14.4. The molecule has 0 heterocycles. The van der Waals surface area contributed by atoms with Gasteiger partial charge in [-0.3, -0.25) is 4.79 Å². The molecule has 1 atom stereocenters. The molecule has 0 bridgehead atoms. The summed E-state index contributed by atoms with van der Waals surface area (Å²) in [5.74, 6) is 0.104. The molecule has 0 aliphatic heterocycles. The van der Waals surface area contributed by atoms with Gasteiger partial charge in [0.05, 0.1) is 12.7 Å². The molecule has 0 saturated heterocycles. The van der Waals surface area contributed by atoms with Gasteiger partial charge in [-0.25, -0.2) is 0 Å². The normalized spacial score (nSPS) is 11.7. The van der Waals surface area contributed by atoms with Crippen molar-refractivity contribution in [2.45, 2.75) is 6.10 Å². The van der Waals surface area contributed by atoms with E-state index in [9.17, 15) is 9.90 Å². The molecular weight excluding hydrogens is 430 g/mol. The van der Waals surface area contributed by atoms with Crippen LogP contribution in [0.1, 0.15) is 27.6 Å². The fourth-order valence-corrected chi connectivity index (χ4v) is 3.28. The summed E-state index contributed by atoms with van der Waals surface area (Å²) >= 11 is 9.48. The van der Waals surface area contributed by atoms with E-state index in [1.54, 1.807) is 36.4 Å². The van der Waals surface area contributed by atoms with Crippen molar-refractivity contribution in [1.82, 2.24) is 0 Å². The Morgan fingerprint density at radius 2 is 1.85 bits per heavy atom. The summed E-state index contributed by atoms with van der Waals surface area (Å²) in [5.41, 5.74) is 2.07. The number of methoxy groups -OCH3 is 1. The van der Waals surface area contributed by atoms with Gasteiger partial charge in [0.2, 0.25) is 0 Å². The third-order valence-corrected chi connectivity index (χ3v) is 4.81. The lowest BCUT2D eigenvalue weighted by Crippen LogP contribution is -2.15. The predicted molar refractivity (Wildman–Crippen MR) is 111 cm³/mol. The molecule has 0 fully saturated rings. The summed E-state index contributed by atoms with van der Waals surface area (Å²) in [5, 5.41) is 14.1. The van der Waals surface area contributed by atoms with Crippen LogP contribution in [0.3, 0.4) is 0 Å². The molecule has 0 radical (unpaired) electrons. The number of carbonyl (C=O) groups is 1. The Hall–Kier alpha value is -2.34. The number of hydrogen-bond donors (Lipinski definition) is 2. The molecule has 1 amide bonds. The highest BCUT2D eigenvalue weighted by atomic mass is 79.9. The van der Waals surface area contributed by atoms with Crippen LogP contribution in [0.5, 0.6) is 5.75 Å². The van der Waals surface area contributed by atoms with Gasteiger partial charge in [-0.2, -0.15) is 0 Å². The number of rotatable bonds is 5. The zero-order chi connectivity index (χ0) is 19.4. The summed E-state index contributed by atoms with van der Waals surface area (Å²) in [6.07, 6.45) is -0.926. The van der Waals surface area contributed by atoms with Gasteiger partial charge in [-0.15, -0.1) is 0 Å². The molecule has 0 unspecified atom stereocenters. The number of hydrogen-bond acceptors (Lipinski definition) is 3. The first-order chi connectivity index (χ1) is 13.0. The van der Waals surface area contributed by atoms with Gasteiger partial charge in [0.1, 0.15) is 11.9 Å². The second kappa shape index (κ2) is 8.57. The number of carbonyl (C=O) groups excluding carboxylic acids is 1. The van der Waals surface area contributed by atoms with Crippen LogP contribution < -0.4 is 10.1 Å². The van der Waals surface area contributed by atoms with E-state index in [2.05, 4.69) is 21.2 Å². The molecule has 27 heavy (non-hydrogen) atoms. The largest absolute Gasteiger partial charge is 0.496 e. The molecule has 6 heteroatoms. The highest BCUT2D eigenvalue weighted by Gasteiger charge is 2.19. The van der Waals surface area contributed by atoms with Crippen LogP contribution in [-0.4, -0.2) is 18.1 Å². The van der Waals surface area contributed by atoms with Gasteiger partial charge in [0, 0.05) is 20.7 Å². The fourth-order valence-electron chi connectivity index (χ4n) is 2.74. The molecule has 4 nitrogen and oxygen atoms in total. The standard InChI is InChI=1S/C21H17BrClNO3/c1-27-19-10-7-14(22)11-17(19)21(26)24-18-9-8-15(23)12-16(18)20(25)13-5-3-2-4-6-13/h2-12,20,25H,1H3,(H,24,26)/t20-/m0/s1. The lowest BCUT2D eigenvalue weighted by Gasteiger charge is -2.18. The van der Waals surface area contributed by atoms with Crippen LogP contribution in [0.2, 0.25) is 5.02 Å². The minimum absolute atomic E-state index is 0.350. The molecule has 0 spiro atoms. The molecule has 0 saturated carbocycles. The summed E-state index contributed by atoms with van der Waals surface area (Å²) in [7, 11) is 1.51. The van der Waals surface area contributed by atoms with E-state index in [0.717, 1.165) is 4.47 Å². The number of ether oxygens (including phenoxy) is 1. The van der Waals surface area contributed by atoms with Gasteiger partial charge in [-0.05, 0) is 42.0 Å². The number of amides is 1. The molecule has 3 aromatic rings. The maximum Gasteiger partial charge on any atom is 0.259 e. The second-order valence-corrected chi connectivity index (χ2v) is 7.20. The van der Waals surface area contributed by atoms with Gasteiger partial charge >= 0.3 is 0 Å². The Bertz CT molecular complexity index is 963. The van der Waals surface area contributed by atoms with Crippen LogP contribution >= 0.6 is 27.5 Å². The average Bonchev–Trinajstić information content (AvgIpc) is 2.69. The zero-order valence-corrected chi connectivity index (χ0v) is 16.8. The van der Waals surface area contributed by atoms with E-state index in [1.165, 1.54) is 7.11 Å². The highest BCUT2D eigenvalue weighted by molar-refractivity contribution is 9.10. The monoisotopic (exact) mass is 445 g/mol. The van der Waals surface area contributed by atoms with Crippen molar-refractivity contribution in [3.05, 3.63) is 92.9 Å². The summed E-state index contributed by atoms with van der Waals surface area (Å²) in [4.78, 5) is 12.8. The Morgan fingerprint density at radius 1 is 1.11 bits per heavy atom. The van der Waals surface area contributed by atoms with Crippen molar-refractivity contribution >= 4 is 39.1 Å². The van der Waals surface area contributed by atoms with Gasteiger partial charge in [0.15, 0.2) is 0 Å². The van der Waals surface area contributed by atoms with Crippen LogP contribution in [-0.2, 0) is 0 Å². The number of aliphatic hydroxyl groups excluding tert-OH is 1. The lowest BCUT2D eigenvalue weighted by atomic mass is 9.99. The van der Waals surface area contributed by atoms with E-state index >= 15 is 0 Å². The van der Waals surface area contributed by atoms with Crippen molar-refractivity contribution in [1.29, 1.82) is 0 Å².